The molecule has 0 saturated heterocycles. The zero-order valence-corrected chi connectivity index (χ0v) is 12.4. The molecule has 1 fully saturated rings. The van der Waals surface area contributed by atoms with Gasteiger partial charge in [0.05, 0.1) is 10.2 Å². The van der Waals surface area contributed by atoms with Crippen LogP contribution in [0, 0.1) is 0 Å². The highest BCUT2D eigenvalue weighted by atomic mass is 79.9. The summed E-state index contributed by atoms with van der Waals surface area (Å²) in [5.41, 5.74) is 1.21. The van der Waals surface area contributed by atoms with E-state index in [0.29, 0.717) is 10.4 Å². The molecule has 4 nitrogen and oxygen atoms in total. The second-order valence-electron chi connectivity index (χ2n) is 5.23. The van der Waals surface area contributed by atoms with Crippen LogP contribution >= 0.6 is 15.9 Å². The highest BCUT2D eigenvalue weighted by Crippen LogP contribution is 2.38. The molecular weight excluding hydrogens is 296 g/mol. The van der Waals surface area contributed by atoms with Crippen molar-refractivity contribution in [3.8, 4) is 0 Å². The Labute approximate surface area is 116 Å². The van der Waals surface area contributed by atoms with Crippen LogP contribution in [0.5, 0.6) is 0 Å². The van der Waals surface area contributed by atoms with Gasteiger partial charge in [0.2, 0.25) is 0 Å². The van der Waals surface area contributed by atoms with Crippen LogP contribution in [0.25, 0.3) is 0 Å². The predicted octanol–water partition coefficient (Wildman–Crippen LogP) is 3.97. The number of aromatic nitrogens is 2. The van der Waals surface area contributed by atoms with Gasteiger partial charge >= 0.3 is 5.97 Å². The fraction of sp³-hybridized carbons (Fsp3) is 0.692. The maximum Gasteiger partial charge on any atom is 0.357 e. The first-order valence-electron chi connectivity index (χ1n) is 6.53. The zero-order valence-electron chi connectivity index (χ0n) is 10.8. The molecule has 0 bridgehead atoms. The minimum Gasteiger partial charge on any atom is -0.476 e. The van der Waals surface area contributed by atoms with Crippen LogP contribution in [0.1, 0.15) is 74.1 Å². The number of carbonyl (C=O) groups is 1. The van der Waals surface area contributed by atoms with Crippen LogP contribution in [0.4, 0.5) is 0 Å². The fourth-order valence-corrected chi connectivity index (χ4v) is 3.45. The Morgan fingerprint density at radius 1 is 1.39 bits per heavy atom. The molecule has 0 atom stereocenters. The Kier molecular flexibility index (Phi) is 4.10. The summed E-state index contributed by atoms with van der Waals surface area (Å²) >= 11 is 3.44. The van der Waals surface area contributed by atoms with E-state index in [4.69, 9.17) is 0 Å². The maximum absolute atomic E-state index is 11.2. The third kappa shape index (κ3) is 2.46. The van der Waals surface area contributed by atoms with Crippen LogP contribution < -0.4 is 0 Å². The minimum atomic E-state index is -0.960. The SMILES string of the molecule is CC(C)n1nc(C(=O)O)c(Br)c1C1CCCCC1. The molecule has 1 aliphatic carbocycles. The van der Waals surface area contributed by atoms with Gasteiger partial charge in [-0.2, -0.15) is 5.10 Å². The molecule has 0 aliphatic heterocycles. The van der Waals surface area contributed by atoms with Crippen molar-refractivity contribution < 1.29 is 9.90 Å². The standard InChI is InChI=1S/C13H19BrN2O2/c1-8(2)16-12(9-6-4-3-5-7-9)10(14)11(15-16)13(17)18/h8-9H,3-7H2,1-2H3,(H,17,18). The summed E-state index contributed by atoms with van der Waals surface area (Å²) in [7, 11) is 0. The third-order valence-electron chi connectivity index (χ3n) is 3.57. The van der Waals surface area contributed by atoms with Crippen molar-refractivity contribution >= 4 is 21.9 Å². The molecule has 1 aromatic heterocycles. The number of nitrogens with zero attached hydrogens (tertiary/aromatic N) is 2. The topological polar surface area (TPSA) is 55.1 Å². The lowest BCUT2D eigenvalue weighted by atomic mass is 9.86. The van der Waals surface area contributed by atoms with Crippen molar-refractivity contribution in [1.29, 1.82) is 0 Å². The quantitative estimate of drug-likeness (QED) is 0.918. The monoisotopic (exact) mass is 314 g/mol. The zero-order chi connectivity index (χ0) is 13.3. The fourth-order valence-electron chi connectivity index (χ4n) is 2.70. The third-order valence-corrected chi connectivity index (χ3v) is 4.35. The van der Waals surface area contributed by atoms with Gasteiger partial charge in [0.1, 0.15) is 0 Å². The Hall–Kier alpha value is -0.840. The molecule has 2 rings (SSSR count). The smallest absolute Gasteiger partial charge is 0.357 e. The number of carboxylic acids is 1. The van der Waals surface area contributed by atoms with E-state index in [1.807, 2.05) is 18.5 Å². The van der Waals surface area contributed by atoms with Gasteiger partial charge in [-0.05, 0) is 42.6 Å². The van der Waals surface area contributed by atoms with Gasteiger partial charge in [-0.25, -0.2) is 4.79 Å². The summed E-state index contributed by atoms with van der Waals surface area (Å²) in [6.07, 6.45) is 6.01. The molecule has 18 heavy (non-hydrogen) atoms. The van der Waals surface area contributed by atoms with Crippen LogP contribution in [-0.4, -0.2) is 20.9 Å². The van der Waals surface area contributed by atoms with Crippen molar-refractivity contribution in [3.05, 3.63) is 15.9 Å². The van der Waals surface area contributed by atoms with Crippen molar-refractivity contribution in [1.82, 2.24) is 9.78 Å². The molecule has 0 aromatic carbocycles. The second kappa shape index (κ2) is 5.43. The van der Waals surface area contributed by atoms with Gasteiger partial charge in [0.25, 0.3) is 0 Å². The van der Waals surface area contributed by atoms with Gasteiger partial charge in [-0.1, -0.05) is 19.3 Å². The number of hydrogen-bond acceptors (Lipinski definition) is 2. The highest BCUT2D eigenvalue weighted by molar-refractivity contribution is 9.10. The summed E-state index contributed by atoms with van der Waals surface area (Å²) in [6, 6.07) is 0.186. The Bertz CT molecular complexity index is 448. The van der Waals surface area contributed by atoms with Gasteiger partial charge in [-0.3, -0.25) is 4.68 Å². The lowest BCUT2D eigenvalue weighted by Crippen LogP contribution is -2.14. The van der Waals surface area contributed by atoms with Crippen molar-refractivity contribution in [3.63, 3.8) is 0 Å². The summed E-state index contributed by atoms with van der Waals surface area (Å²) < 4.78 is 2.55. The van der Waals surface area contributed by atoms with E-state index < -0.39 is 5.97 Å². The van der Waals surface area contributed by atoms with E-state index >= 15 is 0 Å². The molecule has 1 saturated carbocycles. The average Bonchev–Trinajstić information content (AvgIpc) is 2.68. The summed E-state index contributed by atoms with van der Waals surface area (Å²) in [5.74, 6) is -0.519. The molecular formula is C13H19BrN2O2. The predicted molar refractivity (Wildman–Crippen MR) is 73.1 cm³/mol. The molecule has 1 heterocycles. The van der Waals surface area contributed by atoms with Gasteiger partial charge in [-0.15, -0.1) is 0 Å². The maximum atomic E-state index is 11.2. The van der Waals surface area contributed by atoms with E-state index in [1.165, 1.54) is 19.3 Å². The first-order chi connectivity index (χ1) is 8.52. The van der Waals surface area contributed by atoms with Crippen LogP contribution in [0.15, 0.2) is 4.47 Å². The van der Waals surface area contributed by atoms with Gasteiger partial charge in [0, 0.05) is 12.0 Å². The van der Waals surface area contributed by atoms with E-state index in [2.05, 4.69) is 21.0 Å². The lowest BCUT2D eigenvalue weighted by Gasteiger charge is -2.24. The normalized spacial score (nSPS) is 17.3. The molecule has 0 amide bonds. The van der Waals surface area contributed by atoms with Crippen molar-refractivity contribution in [2.75, 3.05) is 0 Å². The highest BCUT2D eigenvalue weighted by Gasteiger charge is 2.28. The number of hydrogen-bond donors (Lipinski definition) is 1. The molecule has 0 unspecified atom stereocenters. The first-order valence-corrected chi connectivity index (χ1v) is 7.32. The Morgan fingerprint density at radius 2 is 2.00 bits per heavy atom. The van der Waals surface area contributed by atoms with Crippen LogP contribution in [-0.2, 0) is 0 Å². The Morgan fingerprint density at radius 3 is 2.50 bits per heavy atom. The number of rotatable bonds is 3. The molecule has 1 N–H and O–H groups in total. The number of halogens is 1. The van der Waals surface area contributed by atoms with Crippen LogP contribution in [0.3, 0.4) is 0 Å². The Balaban J connectivity index is 2.45. The minimum absolute atomic E-state index is 0.143. The van der Waals surface area contributed by atoms with Crippen molar-refractivity contribution in [2.24, 2.45) is 0 Å². The van der Waals surface area contributed by atoms with Crippen LogP contribution in [0.2, 0.25) is 0 Å². The largest absolute Gasteiger partial charge is 0.476 e. The number of carboxylic acid groups (broad SMARTS) is 1. The van der Waals surface area contributed by atoms with Gasteiger partial charge in [0.15, 0.2) is 5.69 Å². The molecule has 0 spiro atoms. The molecule has 100 valence electrons. The summed E-state index contributed by atoms with van der Waals surface area (Å²) in [4.78, 5) is 11.2. The molecule has 1 aliphatic rings. The van der Waals surface area contributed by atoms with Crippen molar-refractivity contribution in [2.45, 2.75) is 57.9 Å². The van der Waals surface area contributed by atoms with E-state index in [1.54, 1.807) is 0 Å². The van der Waals surface area contributed by atoms with E-state index in [-0.39, 0.29) is 11.7 Å². The summed E-state index contributed by atoms with van der Waals surface area (Å²) in [5, 5.41) is 13.4. The number of aromatic carboxylic acids is 1. The van der Waals surface area contributed by atoms with Gasteiger partial charge < -0.3 is 5.11 Å². The average molecular weight is 315 g/mol. The molecule has 0 radical (unpaired) electrons. The first kappa shape index (κ1) is 13.6. The summed E-state index contributed by atoms with van der Waals surface area (Å²) in [6.45, 7) is 4.08. The van der Waals surface area contributed by atoms with E-state index in [0.717, 1.165) is 18.5 Å². The second-order valence-corrected chi connectivity index (χ2v) is 6.02. The lowest BCUT2D eigenvalue weighted by molar-refractivity contribution is 0.0688. The van der Waals surface area contributed by atoms with E-state index in [9.17, 15) is 9.90 Å². The molecule has 5 heteroatoms. The molecule has 1 aromatic rings.